The third kappa shape index (κ3) is 2.09. The van der Waals surface area contributed by atoms with E-state index in [1.807, 2.05) is 0 Å². The molecule has 2 aromatic rings. The van der Waals surface area contributed by atoms with Crippen molar-refractivity contribution in [3.8, 4) is 5.75 Å². The van der Waals surface area contributed by atoms with Crippen molar-refractivity contribution < 1.29 is 13.5 Å². The molecule has 17 heavy (non-hydrogen) atoms. The summed E-state index contributed by atoms with van der Waals surface area (Å²) in [4.78, 5) is -0.00188. The summed E-state index contributed by atoms with van der Waals surface area (Å²) in [5.74, 6) is -0.260. The Hall–Kier alpha value is -2.01. The lowest BCUT2D eigenvalue weighted by Gasteiger charge is -2.06. The van der Waals surface area contributed by atoms with Crippen LogP contribution in [-0.4, -0.2) is 13.5 Å². The van der Waals surface area contributed by atoms with Gasteiger partial charge in [-0.15, -0.1) is 0 Å². The maximum Gasteiger partial charge on any atom is 0.210 e. The molecule has 0 aromatic heterocycles. The number of nitrogen functional groups attached to an aromatic ring is 1. The Morgan fingerprint density at radius 1 is 0.941 bits per heavy atom. The number of hydrogen-bond donors (Lipinski definition) is 2. The van der Waals surface area contributed by atoms with Crippen LogP contribution >= 0.6 is 0 Å². The minimum Gasteiger partial charge on any atom is -0.507 e. The molecule has 0 heterocycles. The number of rotatable bonds is 2. The van der Waals surface area contributed by atoms with Crippen LogP contribution in [-0.2, 0) is 9.84 Å². The van der Waals surface area contributed by atoms with E-state index in [-0.39, 0.29) is 15.5 Å². The number of phenols is 1. The van der Waals surface area contributed by atoms with Crippen LogP contribution in [0.25, 0.3) is 0 Å². The number of benzene rings is 2. The van der Waals surface area contributed by atoms with Gasteiger partial charge in [0.2, 0.25) is 9.84 Å². The Kier molecular flexibility index (Phi) is 2.77. The second-order valence-corrected chi connectivity index (χ2v) is 5.46. The minimum absolute atomic E-state index is 0.105. The van der Waals surface area contributed by atoms with Crippen molar-refractivity contribution >= 4 is 15.5 Å². The zero-order valence-corrected chi connectivity index (χ0v) is 9.68. The summed E-state index contributed by atoms with van der Waals surface area (Å²) in [7, 11) is -3.69. The Bertz CT molecular complexity index is 633. The van der Waals surface area contributed by atoms with Crippen LogP contribution < -0.4 is 5.73 Å². The van der Waals surface area contributed by atoms with Gasteiger partial charge in [-0.1, -0.05) is 12.1 Å². The fourth-order valence-electron chi connectivity index (χ4n) is 1.46. The van der Waals surface area contributed by atoms with Crippen molar-refractivity contribution in [2.75, 3.05) is 5.73 Å². The molecule has 0 atom stereocenters. The maximum atomic E-state index is 12.2. The molecular weight excluding hydrogens is 238 g/mol. The van der Waals surface area contributed by atoms with Crippen molar-refractivity contribution in [2.24, 2.45) is 0 Å². The van der Waals surface area contributed by atoms with E-state index in [9.17, 15) is 13.5 Å². The maximum absolute atomic E-state index is 12.2. The van der Waals surface area contributed by atoms with E-state index in [4.69, 9.17) is 5.73 Å². The molecule has 0 aliphatic rings. The summed E-state index contributed by atoms with van der Waals surface area (Å²) in [6, 6.07) is 11.7. The van der Waals surface area contributed by atoms with Crippen molar-refractivity contribution in [3.63, 3.8) is 0 Å². The number of sulfone groups is 1. The van der Waals surface area contributed by atoms with Crippen LogP contribution in [0.4, 0.5) is 5.69 Å². The normalized spacial score (nSPS) is 11.3. The van der Waals surface area contributed by atoms with Crippen LogP contribution in [0.2, 0.25) is 0 Å². The summed E-state index contributed by atoms with van der Waals surface area (Å²) in [5, 5.41) is 9.56. The second-order valence-electron chi connectivity index (χ2n) is 3.54. The zero-order chi connectivity index (χ0) is 12.5. The fraction of sp³-hybridized carbons (Fsp3) is 0. The Morgan fingerprint density at radius 3 is 2.12 bits per heavy atom. The van der Waals surface area contributed by atoms with E-state index < -0.39 is 9.84 Å². The van der Waals surface area contributed by atoms with Gasteiger partial charge in [-0.05, 0) is 36.4 Å². The van der Waals surface area contributed by atoms with Gasteiger partial charge < -0.3 is 10.8 Å². The van der Waals surface area contributed by atoms with Crippen molar-refractivity contribution in [1.82, 2.24) is 0 Å². The van der Waals surface area contributed by atoms with Gasteiger partial charge in [0.25, 0.3) is 0 Å². The zero-order valence-electron chi connectivity index (χ0n) is 8.87. The van der Waals surface area contributed by atoms with Crippen LogP contribution in [0.15, 0.2) is 58.3 Å². The van der Waals surface area contributed by atoms with Gasteiger partial charge in [0, 0.05) is 5.69 Å². The summed E-state index contributed by atoms with van der Waals surface area (Å²) >= 11 is 0. The van der Waals surface area contributed by atoms with E-state index in [2.05, 4.69) is 0 Å². The highest BCUT2D eigenvalue weighted by atomic mass is 32.2. The fourth-order valence-corrected chi connectivity index (χ4v) is 2.81. The molecule has 0 amide bonds. The predicted octanol–water partition coefficient (Wildman–Crippen LogP) is 1.81. The van der Waals surface area contributed by atoms with E-state index in [1.165, 1.54) is 36.4 Å². The molecule has 0 saturated heterocycles. The molecule has 88 valence electrons. The number of phenolic OH excluding ortho intramolecular Hbond substituents is 1. The summed E-state index contributed by atoms with van der Waals surface area (Å²) in [6.45, 7) is 0. The smallest absolute Gasteiger partial charge is 0.210 e. The first kappa shape index (κ1) is 11.5. The molecule has 0 unspecified atom stereocenters. The van der Waals surface area contributed by atoms with Gasteiger partial charge in [0.05, 0.1) is 4.90 Å². The summed E-state index contributed by atoms with van der Waals surface area (Å²) in [5.41, 5.74) is 5.98. The van der Waals surface area contributed by atoms with E-state index in [0.29, 0.717) is 5.69 Å². The molecule has 2 rings (SSSR count). The number of nitrogens with two attached hydrogens (primary N) is 1. The highest BCUT2D eigenvalue weighted by molar-refractivity contribution is 7.91. The average molecular weight is 249 g/mol. The molecule has 0 saturated carbocycles. The van der Waals surface area contributed by atoms with Crippen LogP contribution in [0.1, 0.15) is 0 Å². The first-order valence-electron chi connectivity index (χ1n) is 4.90. The molecule has 2 aromatic carbocycles. The molecule has 0 spiro atoms. The van der Waals surface area contributed by atoms with Gasteiger partial charge in [-0.25, -0.2) is 8.42 Å². The SMILES string of the molecule is Nc1ccc(S(=O)(=O)c2ccccc2O)cc1. The largest absolute Gasteiger partial charge is 0.507 e. The molecule has 5 heteroatoms. The van der Waals surface area contributed by atoms with E-state index >= 15 is 0 Å². The molecule has 0 aliphatic carbocycles. The van der Waals surface area contributed by atoms with Gasteiger partial charge >= 0.3 is 0 Å². The first-order valence-corrected chi connectivity index (χ1v) is 6.39. The standard InChI is InChI=1S/C12H11NO3S/c13-9-5-7-10(8-6-9)17(15,16)12-4-2-1-3-11(12)14/h1-8,14H,13H2. The van der Waals surface area contributed by atoms with Crippen molar-refractivity contribution in [3.05, 3.63) is 48.5 Å². The molecule has 4 nitrogen and oxygen atoms in total. The molecule has 0 aliphatic heterocycles. The number of aromatic hydroxyl groups is 1. The molecule has 0 radical (unpaired) electrons. The van der Waals surface area contributed by atoms with Gasteiger partial charge in [-0.2, -0.15) is 0 Å². The lowest BCUT2D eigenvalue weighted by atomic mass is 10.3. The van der Waals surface area contributed by atoms with Crippen LogP contribution in [0.5, 0.6) is 5.75 Å². The number of anilines is 1. The monoisotopic (exact) mass is 249 g/mol. The lowest BCUT2D eigenvalue weighted by molar-refractivity contribution is 0.459. The second kappa shape index (κ2) is 4.10. The van der Waals surface area contributed by atoms with Crippen LogP contribution in [0.3, 0.4) is 0 Å². The Balaban J connectivity index is 2.58. The molecule has 0 fully saturated rings. The number of hydrogen-bond acceptors (Lipinski definition) is 4. The predicted molar refractivity (Wildman–Crippen MR) is 64.4 cm³/mol. The van der Waals surface area contributed by atoms with Gasteiger partial charge in [-0.3, -0.25) is 0 Å². The highest BCUT2D eigenvalue weighted by Crippen LogP contribution is 2.28. The summed E-state index contributed by atoms with van der Waals surface area (Å²) in [6.07, 6.45) is 0. The Labute approximate surface area is 99.2 Å². The topological polar surface area (TPSA) is 80.4 Å². The van der Waals surface area contributed by atoms with E-state index in [1.54, 1.807) is 12.1 Å². The highest BCUT2D eigenvalue weighted by Gasteiger charge is 2.20. The first-order chi connectivity index (χ1) is 8.01. The third-order valence-electron chi connectivity index (χ3n) is 2.35. The summed E-state index contributed by atoms with van der Waals surface area (Å²) < 4.78 is 24.3. The molecule has 3 N–H and O–H groups in total. The van der Waals surface area contributed by atoms with Crippen molar-refractivity contribution in [1.29, 1.82) is 0 Å². The minimum atomic E-state index is -3.69. The molecule has 0 bridgehead atoms. The van der Waals surface area contributed by atoms with Crippen LogP contribution in [0, 0.1) is 0 Å². The number of para-hydroxylation sites is 1. The van der Waals surface area contributed by atoms with E-state index in [0.717, 1.165) is 0 Å². The third-order valence-corrected chi connectivity index (χ3v) is 4.16. The average Bonchev–Trinajstić information content (AvgIpc) is 2.30. The Morgan fingerprint density at radius 2 is 1.53 bits per heavy atom. The lowest BCUT2D eigenvalue weighted by Crippen LogP contribution is -2.02. The van der Waals surface area contributed by atoms with Gasteiger partial charge in [0.1, 0.15) is 10.6 Å². The van der Waals surface area contributed by atoms with Gasteiger partial charge in [0.15, 0.2) is 0 Å². The molecular formula is C12H11NO3S. The van der Waals surface area contributed by atoms with Crippen molar-refractivity contribution in [2.45, 2.75) is 9.79 Å². The quantitative estimate of drug-likeness (QED) is 0.795.